The largest absolute Gasteiger partial charge is 0.457 e. The van der Waals surface area contributed by atoms with Gasteiger partial charge in [0.2, 0.25) is 5.88 Å². The van der Waals surface area contributed by atoms with E-state index in [0.29, 0.717) is 5.69 Å². The molecular weight excluding hydrogens is 284 g/mol. The minimum absolute atomic E-state index is 0.0310. The van der Waals surface area contributed by atoms with Crippen molar-refractivity contribution >= 4 is 11.9 Å². The first-order valence-corrected chi connectivity index (χ1v) is 6.63. The molecular formula is C15H14N4O3. The Hall–Kier alpha value is -3.09. The number of nitrogens with zero attached hydrogens (tertiary/aromatic N) is 3. The summed E-state index contributed by atoms with van der Waals surface area (Å²) >= 11 is 0. The van der Waals surface area contributed by atoms with Crippen LogP contribution in [-0.4, -0.2) is 20.9 Å². The monoisotopic (exact) mass is 298 g/mol. The van der Waals surface area contributed by atoms with Crippen LogP contribution in [0, 0.1) is 6.92 Å². The van der Waals surface area contributed by atoms with Crippen molar-refractivity contribution in [1.29, 1.82) is 0 Å². The molecule has 0 fully saturated rings. The minimum Gasteiger partial charge on any atom is -0.457 e. The third kappa shape index (κ3) is 2.69. The maximum Gasteiger partial charge on any atom is 0.346 e. The van der Waals surface area contributed by atoms with Gasteiger partial charge in [0.25, 0.3) is 0 Å². The molecule has 1 aromatic carbocycles. The molecule has 0 aliphatic rings. The van der Waals surface area contributed by atoms with Gasteiger partial charge in [-0.05, 0) is 30.7 Å². The van der Waals surface area contributed by atoms with Crippen LogP contribution in [0.15, 0.2) is 47.2 Å². The molecule has 112 valence electrons. The molecule has 0 aliphatic heterocycles. The van der Waals surface area contributed by atoms with Crippen LogP contribution >= 0.6 is 0 Å². The zero-order valence-electron chi connectivity index (χ0n) is 11.9. The Bertz CT molecular complexity index is 756. The van der Waals surface area contributed by atoms with E-state index in [-0.39, 0.29) is 18.1 Å². The van der Waals surface area contributed by atoms with Gasteiger partial charge in [-0.1, -0.05) is 17.3 Å². The molecule has 3 aromatic rings. The summed E-state index contributed by atoms with van der Waals surface area (Å²) < 4.78 is 11.7. The number of hydrogen-bond donors (Lipinski definition) is 1. The molecule has 2 N–H and O–H groups in total. The number of ether oxygens (including phenoxy) is 1. The van der Waals surface area contributed by atoms with Crippen LogP contribution in [-0.2, 0) is 11.3 Å². The van der Waals surface area contributed by atoms with Gasteiger partial charge >= 0.3 is 5.97 Å². The highest BCUT2D eigenvalue weighted by Gasteiger charge is 2.19. The Labute approximate surface area is 126 Å². The number of hydrogen-bond acceptors (Lipinski definition) is 6. The number of nitrogens with two attached hydrogens (primary N) is 1. The normalized spacial score (nSPS) is 10.6. The first-order chi connectivity index (χ1) is 10.6. The van der Waals surface area contributed by atoms with E-state index < -0.39 is 5.97 Å². The number of carbonyl (C=O) groups is 1. The fourth-order valence-electron chi connectivity index (χ4n) is 2.02. The van der Waals surface area contributed by atoms with Crippen molar-refractivity contribution < 1.29 is 14.1 Å². The highest BCUT2D eigenvalue weighted by atomic mass is 16.5. The highest BCUT2D eigenvalue weighted by molar-refractivity contribution is 5.94. The molecule has 0 spiro atoms. The number of benzene rings is 1. The van der Waals surface area contributed by atoms with Gasteiger partial charge in [-0.25, -0.2) is 9.48 Å². The van der Waals surface area contributed by atoms with Gasteiger partial charge < -0.3 is 15.0 Å². The zero-order valence-corrected chi connectivity index (χ0v) is 11.9. The molecule has 0 bridgehead atoms. The predicted octanol–water partition coefficient (Wildman–Crippen LogP) is 2.11. The molecule has 0 aliphatic carbocycles. The topological polar surface area (TPSA) is 96.2 Å². The summed E-state index contributed by atoms with van der Waals surface area (Å²) in [5.74, 6) is -0.580. The Kier molecular flexibility index (Phi) is 3.61. The number of esters is 1. The fourth-order valence-corrected chi connectivity index (χ4v) is 2.02. The summed E-state index contributed by atoms with van der Waals surface area (Å²) in [5, 5.41) is 7.77. The van der Waals surface area contributed by atoms with Crippen LogP contribution in [0.1, 0.15) is 21.6 Å². The van der Waals surface area contributed by atoms with Crippen LogP contribution in [0.5, 0.6) is 0 Å². The smallest absolute Gasteiger partial charge is 0.346 e. The molecule has 0 saturated carbocycles. The highest BCUT2D eigenvalue weighted by Crippen LogP contribution is 2.17. The first-order valence-electron chi connectivity index (χ1n) is 6.63. The number of rotatable bonds is 4. The van der Waals surface area contributed by atoms with Crippen LogP contribution in [0.3, 0.4) is 0 Å². The van der Waals surface area contributed by atoms with Crippen LogP contribution in [0.4, 0.5) is 5.88 Å². The quantitative estimate of drug-likeness (QED) is 0.741. The SMILES string of the molecule is Cc1noc(N)c1C(=O)OCc1ccc(-n2cccn2)cc1. The molecule has 22 heavy (non-hydrogen) atoms. The van der Waals surface area contributed by atoms with E-state index in [1.165, 1.54) is 0 Å². The molecule has 0 amide bonds. The van der Waals surface area contributed by atoms with E-state index in [1.807, 2.05) is 36.5 Å². The maximum atomic E-state index is 12.0. The number of carbonyl (C=O) groups excluding carboxylic acids is 1. The molecule has 2 aromatic heterocycles. The Morgan fingerprint density at radius 1 is 1.36 bits per heavy atom. The average molecular weight is 298 g/mol. The van der Waals surface area contributed by atoms with Crippen molar-refractivity contribution in [1.82, 2.24) is 14.9 Å². The number of nitrogen functional groups attached to an aromatic ring is 1. The molecule has 3 rings (SSSR count). The third-order valence-corrected chi connectivity index (χ3v) is 3.17. The summed E-state index contributed by atoms with van der Waals surface area (Å²) in [6.07, 6.45) is 3.56. The summed E-state index contributed by atoms with van der Waals surface area (Å²) in [5.41, 5.74) is 7.92. The molecule has 0 atom stereocenters. The van der Waals surface area contributed by atoms with Crippen molar-refractivity contribution in [2.24, 2.45) is 0 Å². The summed E-state index contributed by atoms with van der Waals surface area (Å²) in [4.78, 5) is 12.0. The summed E-state index contributed by atoms with van der Waals surface area (Å²) in [6.45, 7) is 1.78. The number of anilines is 1. The van der Waals surface area contributed by atoms with Gasteiger partial charge in [0.05, 0.1) is 11.4 Å². The lowest BCUT2D eigenvalue weighted by Gasteiger charge is -2.06. The third-order valence-electron chi connectivity index (χ3n) is 3.17. The van der Waals surface area contributed by atoms with Crippen molar-refractivity contribution in [2.45, 2.75) is 13.5 Å². The van der Waals surface area contributed by atoms with Gasteiger partial charge in [0.15, 0.2) is 0 Å². The van der Waals surface area contributed by atoms with Crippen LogP contribution in [0.2, 0.25) is 0 Å². The summed E-state index contributed by atoms with van der Waals surface area (Å²) in [7, 11) is 0. The second-order valence-electron chi connectivity index (χ2n) is 4.70. The average Bonchev–Trinajstić information content (AvgIpc) is 3.16. The lowest BCUT2D eigenvalue weighted by atomic mass is 10.2. The van der Waals surface area contributed by atoms with E-state index >= 15 is 0 Å². The lowest BCUT2D eigenvalue weighted by Crippen LogP contribution is -2.08. The van der Waals surface area contributed by atoms with E-state index in [2.05, 4.69) is 10.3 Å². The van der Waals surface area contributed by atoms with Gasteiger partial charge in [0, 0.05) is 12.4 Å². The Balaban J connectivity index is 1.66. The van der Waals surface area contributed by atoms with Crippen LogP contribution in [0.25, 0.3) is 5.69 Å². The first kappa shape index (κ1) is 13.9. The van der Waals surface area contributed by atoms with Gasteiger partial charge in [-0.2, -0.15) is 5.10 Å². The van der Waals surface area contributed by atoms with Crippen molar-refractivity contribution in [3.63, 3.8) is 0 Å². The predicted molar refractivity (Wildman–Crippen MR) is 78.3 cm³/mol. The Morgan fingerprint density at radius 2 is 2.14 bits per heavy atom. The van der Waals surface area contributed by atoms with Gasteiger partial charge in [-0.15, -0.1) is 0 Å². The standard InChI is InChI=1S/C15H14N4O3/c1-10-13(14(16)22-18-10)15(20)21-9-11-3-5-12(6-4-11)19-8-2-7-17-19/h2-8H,9,16H2,1H3. The number of aromatic nitrogens is 3. The van der Waals surface area contributed by atoms with E-state index in [9.17, 15) is 4.79 Å². The lowest BCUT2D eigenvalue weighted by molar-refractivity contribution is 0.0473. The minimum atomic E-state index is -0.549. The molecule has 7 nitrogen and oxygen atoms in total. The van der Waals surface area contributed by atoms with Crippen molar-refractivity contribution in [3.05, 3.63) is 59.5 Å². The molecule has 2 heterocycles. The number of aryl methyl sites for hydroxylation is 1. The molecule has 0 radical (unpaired) electrons. The zero-order chi connectivity index (χ0) is 15.5. The molecule has 0 saturated heterocycles. The van der Waals surface area contributed by atoms with Gasteiger partial charge in [-0.3, -0.25) is 0 Å². The van der Waals surface area contributed by atoms with E-state index in [1.54, 1.807) is 17.8 Å². The Morgan fingerprint density at radius 3 is 2.73 bits per heavy atom. The van der Waals surface area contributed by atoms with Crippen molar-refractivity contribution in [3.8, 4) is 5.69 Å². The fraction of sp³-hybridized carbons (Fsp3) is 0.133. The second-order valence-corrected chi connectivity index (χ2v) is 4.70. The van der Waals surface area contributed by atoms with E-state index in [0.717, 1.165) is 11.3 Å². The molecule has 7 heteroatoms. The van der Waals surface area contributed by atoms with Gasteiger partial charge in [0.1, 0.15) is 12.2 Å². The van der Waals surface area contributed by atoms with Crippen LogP contribution < -0.4 is 5.73 Å². The molecule has 0 unspecified atom stereocenters. The summed E-state index contributed by atoms with van der Waals surface area (Å²) in [6, 6.07) is 9.38. The maximum absolute atomic E-state index is 12.0. The second kappa shape index (κ2) is 5.72. The van der Waals surface area contributed by atoms with E-state index in [4.69, 9.17) is 15.0 Å². The van der Waals surface area contributed by atoms with Crippen molar-refractivity contribution in [2.75, 3.05) is 5.73 Å².